The van der Waals surface area contributed by atoms with Gasteiger partial charge >= 0.3 is 0 Å². The van der Waals surface area contributed by atoms with Gasteiger partial charge < -0.3 is 15.1 Å². The Kier molecular flexibility index (Phi) is 7.22. The molecule has 3 N–H and O–H groups in total. The molecule has 0 atom stereocenters. The Balaban J connectivity index is 1.65. The number of anilines is 1. The first-order valence-corrected chi connectivity index (χ1v) is 13.1. The number of nitrogens with one attached hydrogen (secondary N) is 1. The summed E-state index contributed by atoms with van der Waals surface area (Å²) in [5.41, 5.74) is 5.11. The lowest BCUT2D eigenvalue weighted by Gasteiger charge is -2.34. The summed E-state index contributed by atoms with van der Waals surface area (Å²) in [7, 11) is -7.55. The zero-order valence-electron chi connectivity index (χ0n) is 17.9. The van der Waals surface area contributed by atoms with Gasteiger partial charge in [0.2, 0.25) is 15.1 Å². The molecule has 13 heteroatoms. The predicted molar refractivity (Wildman–Crippen MR) is 117 cm³/mol. The van der Waals surface area contributed by atoms with Crippen molar-refractivity contribution in [2.45, 2.75) is 42.7 Å². The molecule has 0 bridgehead atoms. The number of nitrogens with zero attached hydrogens (tertiary/aromatic N) is 3. The van der Waals surface area contributed by atoms with Crippen molar-refractivity contribution >= 4 is 31.8 Å². The number of amides is 1. The highest BCUT2D eigenvalue weighted by Gasteiger charge is 2.32. The van der Waals surface area contributed by atoms with E-state index in [1.165, 1.54) is 28.7 Å². The van der Waals surface area contributed by atoms with Crippen LogP contribution in [0.5, 0.6) is 0 Å². The summed E-state index contributed by atoms with van der Waals surface area (Å²) in [5.74, 6) is -0.513. The topological polar surface area (TPSA) is 156 Å². The molecule has 1 fully saturated rings. The maximum absolute atomic E-state index is 12.7. The van der Waals surface area contributed by atoms with E-state index in [2.05, 4.69) is 9.71 Å². The molecule has 3 rings (SSSR count). The maximum Gasteiger partial charge on any atom is 0.284 e. The third kappa shape index (κ3) is 5.11. The quantitative estimate of drug-likeness (QED) is 0.527. The molecule has 2 aromatic heterocycles. The zero-order valence-corrected chi connectivity index (χ0v) is 19.5. The van der Waals surface area contributed by atoms with Crippen LogP contribution < -0.4 is 15.4 Å². The summed E-state index contributed by atoms with van der Waals surface area (Å²) in [6.07, 6.45) is 2.68. The first-order chi connectivity index (χ1) is 15.1. The Morgan fingerprint density at radius 2 is 1.75 bits per heavy atom. The second-order valence-corrected chi connectivity index (χ2v) is 10.9. The summed E-state index contributed by atoms with van der Waals surface area (Å²) >= 11 is 0. The molecule has 1 saturated heterocycles. The van der Waals surface area contributed by atoms with Gasteiger partial charge in [-0.05, 0) is 37.1 Å². The number of hydrogen-bond acceptors (Lipinski definition) is 8. The summed E-state index contributed by atoms with van der Waals surface area (Å²) in [6.45, 7) is 4.89. The highest BCUT2D eigenvalue weighted by molar-refractivity contribution is 7.89. The number of rotatable bonds is 9. The number of pyridine rings is 1. The fraction of sp³-hybridized carbons (Fsp3) is 0.474. The van der Waals surface area contributed by atoms with Gasteiger partial charge in [-0.1, -0.05) is 13.8 Å². The van der Waals surface area contributed by atoms with Crippen molar-refractivity contribution < 1.29 is 26.0 Å². The van der Waals surface area contributed by atoms with Crippen LogP contribution in [0, 0.1) is 0 Å². The van der Waals surface area contributed by atoms with E-state index in [1.807, 2.05) is 18.7 Å². The van der Waals surface area contributed by atoms with Crippen LogP contribution in [0.1, 0.15) is 37.2 Å². The van der Waals surface area contributed by atoms with Crippen LogP contribution >= 0.6 is 0 Å². The molecule has 0 aliphatic carbocycles. The first-order valence-electron chi connectivity index (χ1n) is 10.2. The van der Waals surface area contributed by atoms with Gasteiger partial charge in [-0.25, -0.2) is 26.5 Å². The van der Waals surface area contributed by atoms with Crippen LogP contribution in [-0.2, 0) is 20.0 Å². The molecule has 1 aliphatic rings. The van der Waals surface area contributed by atoms with Crippen LogP contribution in [0.15, 0.2) is 44.9 Å². The molecule has 32 heavy (non-hydrogen) atoms. The minimum atomic E-state index is -3.90. The van der Waals surface area contributed by atoms with Crippen molar-refractivity contribution in [1.82, 2.24) is 14.0 Å². The van der Waals surface area contributed by atoms with Crippen molar-refractivity contribution in [3.8, 4) is 0 Å². The first kappa shape index (κ1) is 24.2. The second-order valence-electron chi connectivity index (χ2n) is 7.36. The van der Waals surface area contributed by atoms with Crippen molar-refractivity contribution in [2.24, 2.45) is 5.73 Å². The second kappa shape index (κ2) is 9.57. The molecule has 2 aromatic rings. The number of hydrogen-bond donors (Lipinski definition) is 2. The molecular weight excluding hydrogens is 458 g/mol. The predicted octanol–water partition coefficient (Wildman–Crippen LogP) is 0.751. The van der Waals surface area contributed by atoms with Gasteiger partial charge in [0.15, 0.2) is 5.76 Å². The van der Waals surface area contributed by atoms with Crippen LogP contribution in [-0.4, -0.2) is 64.3 Å². The smallest absolute Gasteiger partial charge is 0.284 e. The SMILES string of the molecule is CCC(CC)NS(=O)(=O)c1ccc(N2CCN(S(=O)(=O)c3ccc(C(N)=O)o3)CC2)nc1. The Labute approximate surface area is 187 Å². The van der Waals surface area contributed by atoms with Gasteiger partial charge in [-0.15, -0.1) is 0 Å². The van der Waals surface area contributed by atoms with Crippen molar-refractivity contribution in [1.29, 1.82) is 0 Å². The number of sulfonamides is 2. The van der Waals surface area contributed by atoms with Gasteiger partial charge in [-0.3, -0.25) is 4.79 Å². The summed E-state index contributed by atoms with van der Waals surface area (Å²) in [4.78, 5) is 17.4. The molecule has 0 aromatic carbocycles. The van der Waals surface area contributed by atoms with E-state index < -0.39 is 26.0 Å². The molecule has 176 valence electrons. The van der Waals surface area contributed by atoms with E-state index in [9.17, 15) is 21.6 Å². The van der Waals surface area contributed by atoms with E-state index in [1.54, 1.807) is 6.07 Å². The summed E-state index contributed by atoms with van der Waals surface area (Å²) in [6, 6.07) is 5.39. The van der Waals surface area contributed by atoms with E-state index >= 15 is 0 Å². The maximum atomic E-state index is 12.7. The lowest BCUT2D eigenvalue weighted by molar-refractivity contribution is 0.0968. The normalized spacial score (nSPS) is 15.9. The van der Waals surface area contributed by atoms with Crippen LogP contribution in [0.4, 0.5) is 5.82 Å². The molecule has 0 spiro atoms. The lowest BCUT2D eigenvalue weighted by Crippen LogP contribution is -2.48. The summed E-state index contributed by atoms with van der Waals surface area (Å²) < 4.78 is 59.5. The number of aromatic nitrogens is 1. The van der Waals surface area contributed by atoms with Gasteiger partial charge in [0, 0.05) is 38.4 Å². The highest BCUT2D eigenvalue weighted by Crippen LogP contribution is 2.22. The van der Waals surface area contributed by atoms with E-state index in [4.69, 9.17) is 10.2 Å². The Bertz CT molecular complexity index is 1150. The Hall–Kier alpha value is -2.48. The number of piperazine rings is 1. The lowest BCUT2D eigenvalue weighted by atomic mass is 10.2. The number of furan rings is 1. The van der Waals surface area contributed by atoms with Crippen molar-refractivity contribution in [3.63, 3.8) is 0 Å². The minimum Gasteiger partial charge on any atom is -0.438 e. The fourth-order valence-corrected chi connectivity index (χ4v) is 6.02. The average Bonchev–Trinajstić information content (AvgIpc) is 3.29. The van der Waals surface area contributed by atoms with Crippen LogP contribution in [0.2, 0.25) is 0 Å². The average molecular weight is 486 g/mol. The summed E-state index contributed by atoms with van der Waals surface area (Å²) in [5, 5.41) is -0.336. The standard InChI is InChI=1S/C19H27N5O6S2/c1-3-14(4-2)22-31(26,27)15-5-7-17(21-13-15)23-9-11-24(12-10-23)32(28,29)18-8-6-16(30-18)19(20)25/h5-8,13-14,22H,3-4,9-12H2,1-2H3,(H2,20,25). The Morgan fingerprint density at radius 1 is 1.09 bits per heavy atom. The fourth-order valence-electron chi connectivity index (χ4n) is 3.34. The van der Waals surface area contributed by atoms with Crippen LogP contribution in [0.3, 0.4) is 0 Å². The van der Waals surface area contributed by atoms with Crippen molar-refractivity contribution in [2.75, 3.05) is 31.1 Å². The molecule has 0 unspecified atom stereocenters. The third-order valence-corrected chi connectivity index (χ3v) is 8.60. The number of carbonyl (C=O) groups excluding carboxylic acids is 1. The monoisotopic (exact) mass is 485 g/mol. The van der Waals surface area contributed by atoms with Gasteiger partial charge in [0.25, 0.3) is 15.9 Å². The molecule has 0 saturated carbocycles. The Morgan fingerprint density at radius 3 is 2.25 bits per heavy atom. The molecule has 1 amide bonds. The van der Waals surface area contributed by atoms with E-state index in [0.717, 1.165) is 0 Å². The van der Waals surface area contributed by atoms with E-state index in [-0.39, 0.29) is 34.9 Å². The van der Waals surface area contributed by atoms with Gasteiger partial charge in [-0.2, -0.15) is 4.31 Å². The zero-order chi connectivity index (χ0) is 23.5. The molecule has 1 aliphatic heterocycles. The highest BCUT2D eigenvalue weighted by atomic mass is 32.2. The van der Waals surface area contributed by atoms with E-state index in [0.29, 0.717) is 31.7 Å². The number of carbonyl (C=O) groups is 1. The van der Waals surface area contributed by atoms with Gasteiger partial charge in [0.1, 0.15) is 10.7 Å². The third-order valence-electron chi connectivity index (χ3n) is 5.32. The van der Waals surface area contributed by atoms with Crippen LogP contribution in [0.25, 0.3) is 0 Å². The largest absolute Gasteiger partial charge is 0.438 e. The number of primary amides is 1. The molecular formula is C19H27N5O6S2. The molecule has 11 nitrogen and oxygen atoms in total. The number of nitrogens with two attached hydrogens (primary N) is 1. The van der Waals surface area contributed by atoms with Gasteiger partial charge in [0.05, 0.1) is 0 Å². The molecule has 0 radical (unpaired) electrons. The molecule has 3 heterocycles. The van der Waals surface area contributed by atoms with Crippen molar-refractivity contribution in [3.05, 3.63) is 36.2 Å². The minimum absolute atomic E-state index is 0.0810.